The Labute approximate surface area is 161 Å². The Morgan fingerprint density at radius 1 is 0.963 bits per heavy atom. The van der Waals surface area contributed by atoms with E-state index in [9.17, 15) is 9.59 Å². The van der Waals surface area contributed by atoms with Crippen molar-refractivity contribution >= 4 is 17.4 Å². The van der Waals surface area contributed by atoms with E-state index < -0.39 is 0 Å². The van der Waals surface area contributed by atoms with Gasteiger partial charge in [0.25, 0.3) is 5.91 Å². The van der Waals surface area contributed by atoms with Crippen molar-refractivity contribution in [3.05, 3.63) is 64.7 Å². The molecule has 0 saturated carbocycles. The first-order valence-corrected chi connectivity index (χ1v) is 9.82. The van der Waals surface area contributed by atoms with Crippen molar-refractivity contribution in [1.29, 1.82) is 0 Å². The lowest BCUT2D eigenvalue weighted by Gasteiger charge is -2.20. The molecule has 0 unspecified atom stereocenters. The minimum Gasteiger partial charge on any atom is -0.330 e. The van der Waals surface area contributed by atoms with E-state index in [-0.39, 0.29) is 23.8 Å². The second-order valence-corrected chi connectivity index (χ2v) is 7.63. The van der Waals surface area contributed by atoms with E-state index in [0.717, 1.165) is 0 Å². The van der Waals surface area contributed by atoms with Crippen LogP contribution in [0.5, 0.6) is 0 Å². The Balaban J connectivity index is 1.59. The van der Waals surface area contributed by atoms with Crippen LogP contribution in [0.3, 0.4) is 0 Å². The molecule has 0 spiro atoms. The lowest BCUT2D eigenvalue weighted by molar-refractivity contribution is -0.709. The molecule has 142 valence electrons. The van der Waals surface area contributed by atoms with Gasteiger partial charge in [-0.15, -0.1) is 0 Å². The van der Waals surface area contributed by atoms with Gasteiger partial charge in [0, 0.05) is 16.8 Å². The van der Waals surface area contributed by atoms with Crippen LogP contribution in [-0.4, -0.2) is 17.7 Å². The summed E-state index contributed by atoms with van der Waals surface area (Å²) >= 11 is 0. The molecule has 0 saturated heterocycles. The lowest BCUT2D eigenvalue weighted by atomic mass is 9.89. The van der Waals surface area contributed by atoms with Crippen molar-refractivity contribution in [1.82, 2.24) is 0 Å². The van der Waals surface area contributed by atoms with E-state index in [1.807, 2.05) is 6.92 Å². The van der Waals surface area contributed by atoms with E-state index in [4.69, 9.17) is 0 Å². The van der Waals surface area contributed by atoms with E-state index in [2.05, 4.69) is 35.8 Å². The molecule has 0 aliphatic heterocycles. The Kier molecular flexibility index (Phi) is 6.07. The molecule has 1 aliphatic carbocycles. The van der Waals surface area contributed by atoms with Gasteiger partial charge in [-0.25, -0.2) is 0 Å². The minimum absolute atomic E-state index is 0.0217. The van der Waals surface area contributed by atoms with Crippen LogP contribution in [-0.2, 0) is 17.6 Å². The monoisotopic (exact) mass is 365 g/mol. The maximum Gasteiger partial charge on any atom is 0.282 e. The quantitative estimate of drug-likeness (QED) is 0.771. The zero-order valence-electron chi connectivity index (χ0n) is 16.4. The average Bonchev–Trinajstić information content (AvgIpc) is 2.67. The molecule has 2 aromatic carbocycles. The zero-order valence-corrected chi connectivity index (χ0v) is 16.4. The van der Waals surface area contributed by atoms with E-state index in [1.54, 1.807) is 24.3 Å². The third-order valence-corrected chi connectivity index (χ3v) is 5.45. The molecule has 0 radical (unpaired) electrons. The van der Waals surface area contributed by atoms with Crippen LogP contribution in [0.25, 0.3) is 0 Å². The Morgan fingerprint density at radius 2 is 1.63 bits per heavy atom. The summed E-state index contributed by atoms with van der Waals surface area (Å²) in [6, 6.07) is 13.8. The summed E-state index contributed by atoms with van der Waals surface area (Å²) < 4.78 is 0. The Morgan fingerprint density at radius 3 is 2.30 bits per heavy atom. The minimum atomic E-state index is -0.205. The average molecular weight is 365 g/mol. The fraction of sp³-hybridized carbons (Fsp3) is 0.391. The van der Waals surface area contributed by atoms with Crippen LogP contribution in [0.2, 0.25) is 0 Å². The van der Waals surface area contributed by atoms with Crippen molar-refractivity contribution in [2.24, 2.45) is 0 Å². The molecule has 0 bridgehead atoms. The number of benzene rings is 2. The second-order valence-electron chi connectivity index (χ2n) is 7.63. The summed E-state index contributed by atoms with van der Waals surface area (Å²) in [4.78, 5) is 23.9. The lowest BCUT2D eigenvalue weighted by Crippen LogP contribution is -2.91. The number of ketones is 1. The number of Topliss-reactive ketones (excluding diaryl/α,β-unsaturated/α-hetero) is 1. The van der Waals surface area contributed by atoms with Gasteiger partial charge in [-0.3, -0.25) is 9.59 Å². The molecule has 0 aromatic heterocycles. The number of nitrogens with one attached hydrogen (secondary N) is 1. The highest BCUT2D eigenvalue weighted by atomic mass is 16.2. The number of carbonyl (C=O) groups excluding carboxylic acids is 2. The smallest absolute Gasteiger partial charge is 0.282 e. The van der Waals surface area contributed by atoms with Crippen molar-refractivity contribution < 1.29 is 14.9 Å². The number of hydrogen-bond donors (Lipinski definition) is 2. The SMILES string of the molecule is CC(=O)c1ccc(NC(=O)[C@@H](C)[NH2+][C@H](C)c2ccc3c(c2)CCCC3)cc1. The van der Waals surface area contributed by atoms with Gasteiger partial charge in [-0.2, -0.15) is 0 Å². The highest BCUT2D eigenvalue weighted by molar-refractivity contribution is 5.96. The molecule has 1 amide bonds. The summed E-state index contributed by atoms with van der Waals surface area (Å²) in [5.74, 6) is -0.0103. The molecule has 1 aliphatic rings. The summed E-state index contributed by atoms with van der Waals surface area (Å²) in [6.07, 6.45) is 4.92. The summed E-state index contributed by atoms with van der Waals surface area (Å²) in [5.41, 5.74) is 5.60. The number of aryl methyl sites for hydroxylation is 2. The topological polar surface area (TPSA) is 62.8 Å². The highest BCUT2D eigenvalue weighted by Gasteiger charge is 2.21. The zero-order chi connectivity index (χ0) is 19.4. The molecule has 0 heterocycles. The number of hydrogen-bond acceptors (Lipinski definition) is 2. The van der Waals surface area contributed by atoms with Gasteiger partial charge >= 0.3 is 0 Å². The number of quaternary nitrogens is 1. The van der Waals surface area contributed by atoms with Gasteiger partial charge in [0.1, 0.15) is 6.04 Å². The Bertz CT molecular complexity index is 827. The van der Waals surface area contributed by atoms with Gasteiger partial charge in [-0.1, -0.05) is 12.1 Å². The third-order valence-electron chi connectivity index (χ3n) is 5.45. The first-order valence-electron chi connectivity index (χ1n) is 9.82. The van der Waals surface area contributed by atoms with Crippen LogP contribution in [0.15, 0.2) is 42.5 Å². The van der Waals surface area contributed by atoms with Crippen LogP contribution >= 0.6 is 0 Å². The van der Waals surface area contributed by atoms with Crippen molar-refractivity contribution in [3.8, 4) is 0 Å². The maximum absolute atomic E-state index is 12.5. The molecule has 3 N–H and O–H groups in total. The first-order chi connectivity index (χ1) is 12.9. The van der Waals surface area contributed by atoms with Crippen LogP contribution < -0.4 is 10.6 Å². The van der Waals surface area contributed by atoms with Crippen molar-refractivity contribution in [3.63, 3.8) is 0 Å². The molecule has 4 nitrogen and oxygen atoms in total. The predicted molar refractivity (Wildman–Crippen MR) is 108 cm³/mol. The second kappa shape index (κ2) is 8.49. The van der Waals surface area contributed by atoms with Crippen molar-refractivity contribution in [2.45, 2.75) is 58.5 Å². The predicted octanol–water partition coefficient (Wildman–Crippen LogP) is 3.42. The van der Waals surface area contributed by atoms with Gasteiger partial charge in [0.15, 0.2) is 11.8 Å². The van der Waals surface area contributed by atoms with Gasteiger partial charge in [0.2, 0.25) is 0 Å². The number of fused-ring (bicyclic) bond motifs is 1. The third kappa shape index (κ3) is 4.83. The van der Waals surface area contributed by atoms with Gasteiger partial charge in [-0.05, 0) is 87.9 Å². The highest BCUT2D eigenvalue weighted by Crippen LogP contribution is 2.23. The number of carbonyl (C=O) groups is 2. The Hall–Kier alpha value is -2.46. The molecular weight excluding hydrogens is 336 g/mol. The molecule has 2 atom stereocenters. The number of rotatable bonds is 6. The molecule has 2 aromatic rings. The number of anilines is 1. The van der Waals surface area contributed by atoms with Crippen LogP contribution in [0.4, 0.5) is 5.69 Å². The van der Waals surface area contributed by atoms with Crippen molar-refractivity contribution in [2.75, 3.05) is 5.32 Å². The van der Waals surface area contributed by atoms with Crippen LogP contribution in [0, 0.1) is 0 Å². The number of amides is 1. The van der Waals surface area contributed by atoms with E-state index in [0.29, 0.717) is 11.3 Å². The normalized spacial score (nSPS) is 15.5. The fourth-order valence-electron chi connectivity index (χ4n) is 3.71. The molecule has 0 fully saturated rings. The van der Waals surface area contributed by atoms with Crippen LogP contribution in [0.1, 0.15) is 66.7 Å². The fourth-order valence-corrected chi connectivity index (χ4v) is 3.71. The number of nitrogens with two attached hydrogens (primary N) is 1. The first kappa shape index (κ1) is 19.3. The molecule has 27 heavy (non-hydrogen) atoms. The largest absolute Gasteiger partial charge is 0.330 e. The van der Waals surface area contributed by atoms with E-state index >= 15 is 0 Å². The standard InChI is InChI=1S/C23H28N2O2/c1-15(20-9-8-19-6-4-5-7-21(19)14-20)24-16(2)23(27)25-22-12-10-18(11-13-22)17(3)26/h8-16,24H,4-7H2,1-3H3,(H,25,27)/p+1/t15-,16-/m1/s1. The van der Waals surface area contributed by atoms with Gasteiger partial charge in [0.05, 0.1) is 0 Å². The maximum atomic E-state index is 12.5. The molecule has 4 heteroatoms. The van der Waals surface area contributed by atoms with E-state index in [1.165, 1.54) is 49.3 Å². The molecular formula is C23H29N2O2+. The van der Waals surface area contributed by atoms with Gasteiger partial charge < -0.3 is 10.6 Å². The summed E-state index contributed by atoms with van der Waals surface area (Å²) in [7, 11) is 0. The molecule has 3 rings (SSSR count). The summed E-state index contributed by atoms with van der Waals surface area (Å²) in [5, 5.41) is 5.03. The summed E-state index contributed by atoms with van der Waals surface area (Å²) in [6.45, 7) is 5.61.